The first-order valence-corrected chi connectivity index (χ1v) is 18.6. The van der Waals surface area contributed by atoms with Gasteiger partial charge in [0.05, 0.1) is 0 Å². The van der Waals surface area contributed by atoms with Gasteiger partial charge in [0.1, 0.15) is 0 Å². The molecule has 252 valence electrons. The van der Waals surface area contributed by atoms with E-state index in [2.05, 4.69) is 140 Å². The summed E-state index contributed by atoms with van der Waals surface area (Å²) in [5, 5.41) is 17.0. The van der Waals surface area contributed by atoms with Crippen molar-refractivity contribution in [3.8, 4) is 0 Å². The molecule has 0 N–H and O–H groups in total. The second kappa shape index (κ2) is 16.8. The third kappa shape index (κ3) is 7.19. The van der Waals surface area contributed by atoms with E-state index >= 15 is 0 Å². The second-order valence-electron chi connectivity index (χ2n) is 12.3. The van der Waals surface area contributed by atoms with Gasteiger partial charge in [0, 0.05) is 0 Å². The summed E-state index contributed by atoms with van der Waals surface area (Å²) in [5.74, 6) is 0. The van der Waals surface area contributed by atoms with Gasteiger partial charge in [-0.2, -0.15) is 6.08 Å². The summed E-state index contributed by atoms with van der Waals surface area (Å²) in [6.45, 7) is 0. The summed E-state index contributed by atoms with van der Waals surface area (Å²) in [4.78, 5) is 0. The maximum Gasteiger partial charge on any atom is -0.0255 e. The molecule has 0 saturated heterocycles. The zero-order valence-electron chi connectivity index (χ0n) is 27.9. The summed E-state index contributed by atoms with van der Waals surface area (Å²) >= 11 is 14.1. The smallest absolute Gasteiger partial charge is 0.0255 e. The number of fused-ring (bicyclic) bond motifs is 10. The predicted octanol–water partition coefficient (Wildman–Crippen LogP) is 7.75. The number of benzene rings is 8. The molecule has 5 heteroatoms. The molecule has 9 aromatic carbocycles. The fraction of sp³-hybridized carbons (Fsp3) is 0.0213. The topological polar surface area (TPSA) is 0 Å². The van der Waals surface area contributed by atoms with Crippen LogP contribution in [-0.2, 0) is 24.2 Å². The van der Waals surface area contributed by atoms with E-state index in [0.29, 0.717) is 0 Å². The quantitative estimate of drug-likeness (QED) is 0.124. The molecule has 1 aliphatic carbocycles. The van der Waals surface area contributed by atoms with Gasteiger partial charge < -0.3 is 24.8 Å². The van der Waals surface area contributed by atoms with Gasteiger partial charge in [-0.1, -0.05) is 77.5 Å². The van der Waals surface area contributed by atoms with E-state index in [4.69, 9.17) is 23.2 Å². The van der Waals surface area contributed by atoms with E-state index in [0.717, 1.165) is 27.2 Å². The molecule has 0 aromatic heterocycles. The third-order valence-corrected chi connectivity index (χ3v) is 11.4. The van der Waals surface area contributed by atoms with Crippen molar-refractivity contribution in [1.29, 1.82) is 0 Å². The molecular formula is C47H30Cl4Zr-2. The van der Waals surface area contributed by atoms with Crippen LogP contribution in [-0.4, -0.2) is 3.21 Å². The summed E-state index contributed by atoms with van der Waals surface area (Å²) in [5.41, 5.74) is 2.47. The summed E-state index contributed by atoms with van der Waals surface area (Å²) < 4.78 is 1.31. The fourth-order valence-corrected chi connectivity index (χ4v) is 8.59. The Morgan fingerprint density at radius 2 is 0.942 bits per heavy atom. The van der Waals surface area contributed by atoms with Gasteiger partial charge in [0.15, 0.2) is 0 Å². The number of rotatable bonds is 2. The zero-order chi connectivity index (χ0) is 34.0. The normalized spacial score (nSPS) is 11.6. The Bertz CT molecular complexity index is 2690. The zero-order valence-corrected chi connectivity index (χ0v) is 33.4. The molecule has 0 amide bonds. The Morgan fingerprint density at radius 3 is 1.44 bits per heavy atom. The van der Waals surface area contributed by atoms with Crippen LogP contribution in [0, 0.1) is 6.08 Å². The molecule has 0 fully saturated rings. The van der Waals surface area contributed by atoms with Crippen molar-refractivity contribution in [3.05, 3.63) is 197 Å². The van der Waals surface area contributed by atoms with Gasteiger partial charge in [-0.3, -0.25) is 6.08 Å². The Morgan fingerprint density at radius 1 is 0.500 bits per heavy atom. The van der Waals surface area contributed by atoms with Crippen LogP contribution in [0.4, 0.5) is 0 Å². The minimum Gasteiger partial charge on any atom is -1.00 e. The van der Waals surface area contributed by atoms with Crippen LogP contribution in [0.2, 0.25) is 10.0 Å². The van der Waals surface area contributed by atoms with E-state index in [1.807, 2.05) is 36.4 Å². The Labute approximate surface area is 340 Å². The standard InChI is InChI=1S/C21H12Cl2.C21H13.C5H5.2ClH.Zr/c22-20-11-9-14(16-5-1-3-7-18(16)20)13-15-10-12-21(23)19-8-4-2-6-17(15)19;1-2-8-15-14(7-1)13-20-18-11-4-3-9-16(18)17-10-5-6-12-19(17)21(15)20;1-2-4-5-3-1;;;/h1-12H;1-13H;1-3H,4H2;2*1H;/q;2*-1;;;+2/p-2. The van der Waals surface area contributed by atoms with Crippen LogP contribution < -0.4 is 24.8 Å². The van der Waals surface area contributed by atoms with Gasteiger partial charge in [0.25, 0.3) is 0 Å². The van der Waals surface area contributed by atoms with Crippen molar-refractivity contribution in [2.75, 3.05) is 0 Å². The summed E-state index contributed by atoms with van der Waals surface area (Å²) in [7, 11) is 0. The van der Waals surface area contributed by atoms with Gasteiger partial charge in [-0.15, -0.1) is 40.1 Å². The van der Waals surface area contributed by atoms with Crippen molar-refractivity contribution in [3.63, 3.8) is 0 Å². The fourth-order valence-electron chi connectivity index (χ4n) is 7.06. The maximum absolute atomic E-state index is 6.38. The number of hydrogen-bond donors (Lipinski definition) is 0. The first kappa shape index (κ1) is 37.8. The average molecular weight is 828 g/mol. The van der Waals surface area contributed by atoms with Crippen molar-refractivity contribution < 1.29 is 49.0 Å². The van der Waals surface area contributed by atoms with Crippen molar-refractivity contribution in [2.45, 2.75) is 6.42 Å². The Kier molecular flexibility index (Phi) is 12.2. The van der Waals surface area contributed by atoms with Crippen LogP contribution in [0.5, 0.6) is 0 Å². The monoisotopic (exact) mass is 824 g/mol. The van der Waals surface area contributed by atoms with Gasteiger partial charge >= 0.3 is 166 Å². The van der Waals surface area contributed by atoms with Crippen molar-refractivity contribution >= 4 is 91.0 Å². The molecule has 0 bridgehead atoms. The molecule has 0 nitrogen and oxygen atoms in total. The maximum atomic E-state index is 6.38. The minimum absolute atomic E-state index is 0. The first-order valence-electron chi connectivity index (χ1n) is 16.6. The molecule has 0 saturated carbocycles. The van der Waals surface area contributed by atoms with Crippen molar-refractivity contribution in [2.24, 2.45) is 0 Å². The average Bonchev–Trinajstić information content (AvgIpc) is 3.89. The third-order valence-electron chi connectivity index (χ3n) is 9.37. The molecule has 52 heavy (non-hydrogen) atoms. The van der Waals surface area contributed by atoms with Gasteiger partial charge in [-0.05, 0) is 10.8 Å². The largest absolute Gasteiger partial charge is 1.00 e. The molecule has 1 aliphatic rings. The van der Waals surface area contributed by atoms with Crippen LogP contribution in [0.1, 0.15) is 17.5 Å². The van der Waals surface area contributed by atoms with Gasteiger partial charge in [0.2, 0.25) is 0 Å². The molecule has 0 spiro atoms. The number of hydrogen-bond acceptors (Lipinski definition) is 0. The molecule has 0 unspecified atom stereocenters. The molecule has 0 heterocycles. The van der Waals surface area contributed by atoms with E-state index in [1.54, 1.807) is 0 Å². The molecular weight excluding hydrogens is 798 g/mol. The summed E-state index contributed by atoms with van der Waals surface area (Å²) in [6.07, 6.45) is 10.0. The van der Waals surface area contributed by atoms with Crippen LogP contribution >= 0.6 is 23.2 Å². The minimum atomic E-state index is 0. The molecule has 0 aliphatic heterocycles. The predicted molar refractivity (Wildman–Crippen MR) is 215 cm³/mol. The van der Waals surface area contributed by atoms with E-state index in [1.165, 1.54) is 92.4 Å². The van der Waals surface area contributed by atoms with Crippen molar-refractivity contribution in [1.82, 2.24) is 0 Å². The van der Waals surface area contributed by atoms with Gasteiger partial charge in [-0.25, -0.2) is 12.2 Å². The van der Waals surface area contributed by atoms with E-state index in [-0.39, 0.29) is 24.8 Å². The van der Waals surface area contributed by atoms with Crippen LogP contribution in [0.25, 0.3) is 64.6 Å². The van der Waals surface area contributed by atoms with E-state index in [9.17, 15) is 0 Å². The number of halogens is 4. The van der Waals surface area contributed by atoms with E-state index < -0.39 is 0 Å². The first-order chi connectivity index (χ1) is 24.6. The SMILES string of the molecule is Clc1ccc([C](=[Zr+2])c2ccc(Cl)c3ccccc23)c2ccccc12.[C-]1=CC=CC1.[Cl-].[Cl-].c1ccc2c(c1)[cH-]c1c3ccccc3c3ccccc3c21. The van der Waals surface area contributed by atoms with Crippen LogP contribution in [0.15, 0.2) is 170 Å². The molecule has 0 radical (unpaired) electrons. The second-order valence-corrected chi connectivity index (χ2v) is 14.3. The molecule has 0 atom stereocenters. The summed E-state index contributed by atoms with van der Waals surface area (Å²) in [6, 6.07) is 53.3. The van der Waals surface area contributed by atoms with Crippen LogP contribution in [0.3, 0.4) is 0 Å². The Hall–Kier alpha value is -3.94. The Balaban J connectivity index is 0.000000153. The number of allylic oxidation sites excluding steroid dienone is 4. The molecule has 10 rings (SSSR count). The molecule has 9 aromatic rings.